The van der Waals surface area contributed by atoms with Gasteiger partial charge in [0, 0.05) is 11.4 Å². The van der Waals surface area contributed by atoms with Crippen molar-refractivity contribution in [2.24, 2.45) is 0 Å². The lowest BCUT2D eigenvalue weighted by Crippen LogP contribution is -2.29. The number of rotatable bonds is 3. The molecule has 5 heteroatoms. The summed E-state index contributed by atoms with van der Waals surface area (Å²) in [5, 5.41) is 5.14. The number of methoxy groups -OCH3 is 1. The Morgan fingerprint density at radius 2 is 1.55 bits per heavy atom. The molecule has 0 spiro atoms. The first-order chi connectivity index (χ1) is 10.5. The van der Waals surface area contributed by atoms with E-state index in [1.165, 1.54) is 0 Å². The van der Waals surface area contributed by atoms with Crippen LogP contribution in [0.1, 0.15) is 11.1 Å². The highest BCUT2D eigenvalue weighted by molar-refractivity contribution is 6.43. The van der Waals surface area contributed by atoms with Crippen molar-refractivity contribution in [3.05, 3.63) is 53.6 Å². The van der Waals surface area contributed by atoms with Crippen molar-refractivity contribution >= 4 is 23.2 Å². The maximum absolute atomic E-state index is 11.9. The van der Waals surface area contributed by atoms with Crippen LogP contribution in [0.25, 0.3) is 0 Å². The fraction of sp³-hybridized carbons (Fsp3) is 0.176. The molecule has 0 aliphatic rings. The summed E-state index contributed by atoms with van der Waals surface area (Å²) >= 11 is 0. The molecule has 0 radical (unpaired) electrons. The van der Waals surface area contributed by atoms with Gasteiger partial charge in [0.1, 0.15) is 5.75 Å². The van der Waals surface area contributed by atoms with E-state index in [9.17, 15) is 9.59 Å². The number of amides is 2. The third-order valence-electron chi connectivity index (χ3n) is 3.18. The molecule has 0 heterocycles. The molecule has 22 heavy (non-hydrogen) atoms. The van der Waals surface area contributed by atoms with E-state index in [2.05, 4.69) is 10.6 Å². The summed E-state index contributed by atoms with van der Waals surface area (Å²) in [6.45, 7) is 3.85. The summed E-state index contributed by atoms with van der Waals surface area (Å²) in [6, 6.07) is 12.3. The molecular weight excluding hydrogens is 280 g/mol. The molecule has 114 valence electrons. The summed E-state index contributed by atoms with van der Waals surface area (Å²) < 4.78 is 5.03. The lowest BCUT2D eigenvalue weighted by Gasteiger charge is -2.09. The molecule has 0 fully saturated rings. The van der Waals surface area contributed by atoms with Crippen LogP contribution in [0.4, 0.5) is 11.4 Å². The van der Waals surface area contributed by atoms with Crippen LogP contribution >= 0.6 is 0 Å². The van der Waals surface area contributed by atoms with E-state index in [0.717, 1.165) is 11.1 Å². The molecule has 2 aromatic rings. The minimum atomic E-state index is -0.717. The van der Waals surface area contributed by atoms with Crippen molar-refractivity contribution in [3.8, 4) is 5.75 Å². The van der Waals surface area contributed by atoms with Gasteiger partial charge in [-0.3, -0.25) is 9.59 Å². The van der Waals surface area contributed by atoms with Gasteiger partial charge in [-0.15, -0.1) is 0 Å². The van der Waals surface area contributed by atoms with Crippen molar-refractivity contribution in [3.63, 3.8) is 0 Å². The Morgan fingerprint density at radius 1 is 0.909 bits per heavy atom. The van der Waals surface area contributed by atoms with Gasteiger partial charge < -0.3 is 15.4 Å². The summed E-state index contributed by atoms with van der Waals surface area (Å²) in [5.41, 5.74) is 3.16. The first-order valence-corrected chi connectivity index (χ1v) is 6.83. The van der Waals surface area contributed by atoms with E-state index >= 15 is 0 Å². The SMILES string of the molecule is COc1ccc(NC(=O)C(=O)Nc2ccc(C)cc2C)cc1. The molecule has 2 rings (SSSR count). The average Bonchev–Trinajstić information content (AvgIpc) is 2.50. The zero-order valence-corrected chi connectivity index (χ0v) is 12.8. The summed E-state index contributed by atoms with van der Waals surface area (Å²) in [4.78, 5) is 23.8. The van der Waals surface area contributed by atoms with Crippen LogP contribution in [0.5, 0.6) is 5.75 Å². The van der Waals surface area contributed by atoms with Gasteiger partial charge in [0.2, 0.25) is 0 Å². The van der Waals surface area contributed by atoms with E-state index in [4.69, 9.17) is 4.74 Å². The Hall–Kier alpha value is -2.82. The third kappa shape index (κ3) is 3.85. The largest absolute Gasteiger partial charge is 0.497 e. The Bertz CT molecular complexity index is 694. The molecule has 2 amide bonds. The number of hydrogen-bond acceptors (Lipinski definition) is 3. The van der Waals surface area contributed by atoms with Crippen LogP contribution in [0.2, 0.25) is 0 Å². The molecule has 2 N–H and O–H groups in total. The second-order valence-electron chi connectivity index (χ2n) is 4.96. The number of hydrogen-bond donors (Lipinski definition) is 2. The molecule has 0 saturated carbocycles. The molecule has 0 atom stereocenters. The fourth-order valence-corrected chi connectivity index (χ4v) is 2.00. The van der Waals surface area contributed by atoms with Gasteiger partial charge in [-0.05, 0) is 49.7 Å². The normalized spacial score (nSPS) is 9.95. The van der Waals surface area contributed by atoms with E-state index < -0.39 is 11.8 Å². The zero-order valence-electron chi connectivity index (χ0n) is 12.8. The Labute approximate surface area is 129 Å². The average molecular weight is 298 g/mol. The van der Waals surface area contributed by atoms with Crippen molar-refractivity contribution in [1.29, 1.82) is 0 Å². The Balaban J connectivity index is 2.01. The Morgan fingerprint density at radius 3 is 2.14 bits per heavy atom. The van der Waals surface area contributed by atoms with Crippen LogP contribution in [0.3, 0.4) is 0 Å². The van der Waals surface area contributed by atoms with Gasteiger partial charge in [0.25, 0.3) is 0 Å². The fourth-order valence-electron chi connectivity index (χ4n) is 2.00. The van der Waals surface area contributed by atoms with E-state index in [-0.39, 0.29) is 0 Å². The smallest absolute Gasteiger partial charge is 0.314 e. The Kier molecular flexibility index (Phi) is 4.78. The summed E-state index contributed by atoms with van der Waals surface area (Å²) in [6.07, 6.45) is 0. The third-order valence-corrected chi connectivity index (χ3v) is 3.18. The minimum Gasteiger partial charge on any atom is -0.497 e. The number of ether oxygens (including phenoxy) is 1. The quantitative estimate of drug-likeness (QED) is 0.856. The van der Waals surface area contributed by atoms with E-state index in [1.54, 1.807) is 37.4 Å². The van der Waals surface area contributed by atoms with Crippen LogP contribution in [-0.4, -0.2) is 18.9 Å². The summed E-state index contributed by atoms with van der Waals surface area (Å²) in [5.74, 6) is -0.745. The number of carbonyl (C=O) groups is 2. The van der Waals surface area contributed by atoms with Gasteiger partial charge in [0.05, 0.1) is 7.11 Å². The van der Waals surface area contributed by atoms with E-state index in [0.29, 0.717) is 17.1 Å². The molecule has 0 aliphatic carbocycles. The maximum Gasteiger partial charge on any atom is 0.314 e. The number of carbonyl (C=O) groups excluding carboxylic acids is 2. The van der Waals surface area contributed by atoms with Gasteiger partial charge in [-0.25, -0.2) is 0 Å². The lowest BCUT2D eigenvalue weighted by molar-refractivity contribution is -0.133. The van der Waals surface area contributed by atoms with Crippen molar-refractivity contribution in [2.75, 3.05) is 17.7 Å². The molecule has 0 bridgehead atoms. The minimum absolute atomic E-state index is 0.529. The first-order valence-electron chi connectivity index (χ1n) is 6.83. The highest BCUT2D eigenvalue weighted by Gasteiger charge is 2.15. The van der Waals surface area contributed by atoms with E-state index in [1.807, 2.05) is 26.0 Å². The van der Waals surface area contributed by atoms with Crippen molar-refractivity contribution < 1.29 is 14.3 Å². The molecule has 0 aromatic heterocycles. The monoisotopic (exact) mass is 298 g/mol. The molecule has 0 saturated heterocycles. The molecular formula is C17H18N2O3. The molecule has 0 unspecified atom stereocenters. The topological polar surface area (TPSA) is 67.4 Å². The van der Waals surface area contributed by atoms with Crippen LogP contribution in [0.15, 0.2) is 42.5 Å². The maximum atomic E-state index is 11.9. The van der Waals surface area contributed by atoms with Crippen molar-refractivity contribution in [2.45, 2.75) is 13.8 Å². The summed E-state index contributed by atoms with van der Waals surface area (Å²) in [7, 11) is 1.56. The van der Waals surface area contributed by atoms with Crippen LogP contribution < -0.4 is 15.4 Å². The first kappa shape index (κ1) is 15.6. The highest BCUT2D eigenvalue weighted by Crippen LogP contribution is 2.17. The predicted molar refractivity (Wildman–Crippen MR) is 86.2 cm³/mol. The number of benzene rings is 2. The predicted octanol–water partition coefficient (Wildman–Crippen LogP) is 2.89. The van der Waals surface area contributed by atoms with Gasteiger partial charge >= 0.3 is 11.8 Å². The van der Waals surface area contributed by atoms with Gasteiger partial charge in [0.15, 0.2) is 0 Å². The van der Waals surface area contributed by atoms with Crippen LogP contribution in [0, 0.1) is 13.8 Å². The number of aryl methyl sites for hydroxylation is 2. The molecule has 0 aliphatic heterocycles. The second kappa shape index (κ2) is 6.76. The zero-order chi connectivity index (χ0) is 16.1. The van der Waals surface area contributed by atoms with Gasteiger partial charge in [-0.1, -0.05) is 17.7 Å². The highest BCUT2D eigenvalue weighted by atomic mass is 16.5. The van der Waals surface area contributed by atoms with Gasteiger partial charge in [-0.2, -0.15) is 0 Å². The number of nitrogens with one attached hydrogen (secondary N) is 2. The standard InChI is InChI=1S/C17H18N2O3/c1-11-4-9-15(12(2)10-11)19-17(21)16(20)18-13-5-7-14(22-3)8-6-13/h4-10H,1-3H3,(H,18,20)(H,19,21). The lowest BCUT2D eigenvalue weighted by atomic mass is 10.1. The van der Waals surface area contributed by atoms with Crippen LogP contribution in [-0.2, 0) is 9.59 Å². The molecule has 5 nitrogen and oxygen atoms in total. The molecule has 2 aromatic carbocycles. The number of anilines is 2. The van der Waals surface area contributed by atoms with Crippen molar-refractivity contribution in [1.82, 2.24) is 0 Å². The second-order valence-corrected chi connectivity index (χ2v) is 4.96.